The molecule has 2 aromatic heterocycles. The van der Waals surface area contributed by atoms with Gasteiger partial charge in [0.15, 0.2) is 0 Å². The Morgan fingerprint density at radius 2 is 1.68 bits per heavy atom. The van der Waals surface area contributed by atoms with Gasteiger partial charge in [-0.3, -0.25) is 9.59 Å². The SMILES string of the molecule is CCN(CC)C(=O)c1cc(-c2ccccc2)c(=O)n2ncc3ccc(Cl)cc3c12.CCNCC. The Morgan fingerprint density at radius 1 is 1.00 bits per heavy atom. The molecule has 7 heteroatoms. The second-order valence-electron chi connectivity index (χ2n) is 7.71. The number of rotatable bonds is 6. The van der Waals surface area contributed by atoms with Gasteiger partial charge in [-0.2, -0.15) is 9.61 Å². The third-order valence-electron chi connectivity index (χ3n) is 5.63. The first-order chi connectivity index (χ1) is 16.5. The number of carbonyl (C=O) groups excluding carboxylic acids is 1. The minimum absolute atomic E-state index is 0.140. The Labute approximate surface area is 205 Å². The molecule has 4 rings (SSSR count). The molecule has 178 valence electrons. The molecule has 0 atom stereocenters. The van der Waals surface area contributed by atoms with Gasteiger partial charge in [0, 0.05) is 34.4 Å². The smallest absolute Gasteiger partial charge is 0.279 e. The summed E-state index contributed by atoms with van der Waals surface area (Å²) in [4.78, 5) is 28.4. The second kappa shape index (κ2) is 11.8. The lowest BCUT2D eigenvalue weighted by Gasteiger charge is -2.21. The van der Waals surface area contributed by atoms with E-state index < -0.39 is 0 Å². The first-order valence-electron chi connectivity index (χ1n) is 11.7. The average Bonchev–Trinajstić information content (AvgIpc) is 2.86. The predicted octanol–water partition coefficient (Wildman–Crippen LogP) is 5.27. The third-order valence-corrected chi connectivity index (χ3v) is 5.86. The molecule has 0 aliphatic carbocycles. The summed E-state index contributed by atoms with van der Waals surface area (Å²) in [5.74, 6) is -0.140. The zero-order valence-electron chi connectivity index (χ0n) is 20.1. The largest absolute Gasteiger partial charge is 0.339 e. The van der Waals surface area contributed by atoms with Crippen LogP contribution in [-0.4, -0.2) is 46.6 Å². The Balaban J connectivity index is 0.000000588. The van der Waals surface area contributed by atoms with Crippen molar-refractivity contribution in [3.05, 3.63) is 81.7 Å². The quantitative estimate of drug-likeness (QED) is 0.383. The zero-order chi connectivity index (χ0) is 24.7. The Kier molecular flexibility index (Phi) is 8.79. The lowest BCUT2D eigenvalue weighted by molar-refractivity contribution is 0.0774. The van der Waals surface area contributed by atoms with Crippen LogP contribution in [0.3, 0.4) is 0 Å². The Hall–Kier alpha value is -3.22. The second-order valence-corrected chi connectivity index (χ2v) is 8.15. The van der Waals surface area contributed by atoms with Gasteiger partial charge in [0.25, 0.3) is 11.5 Å². The Morgan fingerprint density at radius 3 is 2.26 bits per heavy atom. The van der Waals surface area contributed by atoms with Gasteiger partial charge in [0.05, 0.1) is 17.3 Å². The summed E-state index contributed by atoms with van der Waals surface area (Å²) in [6, 6.07) is 16.4. The summed E-state index contributed by atoms with van der Waals surface area (Å²) in [5, 5.41) is 9.55. The van der Waals surface area contributed by atoms with E-state index in [1.54, 1.807) is 29.3 Å². The van der Waals surface area contributed by atoms with Crippen LogP contribution in [-0.2, 0) is 0 Å². The van der Waals surface area contributed by atoms with Crippen LogP contribution >= 0.6 is 11.6 Å². The monoisotopic (exact) mass is 478 g/mol. The third kappa shape index (κ3) is 5.29. The number of benzene rings is 2. The van der Waals surface area contributed by atoms with Crippen LogP contribution in [0.4, 0.5) is 0 Å². The van der Waals surface area contributed by atoms with Crippen LogP contribution < -0.4 is 10.9 Å². The Bertz CT molecular complexity index is 1330. The van der Waals surface area contributed by atoms with E-state index in [4.69, 9.17) is 11.6 Å². The summed E-state index contributed by atoms with van der Waals surface area (Å²) in [7, 11) is 0. The minimum atomic E-state index is -0.274. The molecule has 0 aliphatic heterocycles. The van der Waals surface area contributed by atoms with Crippen molar-refractivity contribution in [2.45, 2.75) is 27.7 Å². The summed E-state index contributed by atoms with van der Waals surface area (Å²) < 4.78 is 1.32. The highest BCUT2D eigenvalue weighted by molar-refractivity contribution is 6.31. The van der Waals surface area contributed by atoms with E-state index in [0.29, 0.717) is 34.8 Å². The fourth-order valence-corrected chi connectivity index (χ4v) is 4.03. The standard InChI is InChI=1S/C23H20ClN3O2.C4H11N/c1-3-26(4-2)22(28)20-13-19(15-8-6-5-7-9-15)23(29)27-21(20)18-12-17(24)11-10-16(18)14-25-27;1-3-5-4-2/h5-14H,3-4H2,1-2H3;5H,3-4H2,1-2H3. The minimum Gasteiger partial charge on any atom is -0.339 e. The molecule has 6 nitrogen and oxygen atoms in total. The van der Waals surface area contributed by atoms with Crippen LogP contribution in [0.15, 0.2) is 65.6 Å². The van der Waals surface area contributed by atoms with Crippen molar-refractivity contribution in [2.75, 3.05) is 26.2 Å². The maximum Gasteiger partial charge on any atom is 0.279 e. The predicted molar refractivity (Wildman–Crippen MR) is 141 cm³/mol. The number of nitrogens with zero attached hydrogens (tertiary/aromatic N) is 3. The number of amides is 1. The number of hydrogen-bond acceptors (Lipinski definition) is 4. The number of fused-ring (bicyclic) bond motifs is 3. The van der Waals surface area contributed by atoms with Crippen LogP contribution in [0.5, 0.6) is 0 Å². The van der Waals surface area contributed by atoms with Gasteiger partial charge in [-0.05, 0) is 50.7 Å². The number of hydrogen-bond donors (Lipinski definition) is 1. The van der Waals surface area contributed by atoms with Gasteiger partial charge in [-0.25, -0.2) is 0 Å². The van der Waals surface area contributed by atoms with Gasteiger partial charge in [-0.15, -0.1) is 0 Å². The van der Waals surface area contributed by atoms with Crippen LogP contribution in [0, 0.1) is 0 Å². The van der Waals surface area contributed by atoms with Gasteiger partial charge < -0.3 is 10.2 Å². The van der Waals surface area contributed by atoms with E-state index in [2.05, 4.69) is 24.3 Å². The topological polar surface area (TPSA) is 66.7 Å². The number of pyridine rings is 1. The molecule has 34 heavy (non-hydrogen) atoms. The first kappa shape index (κ1) is 25.4. The number of carbonyl (C=O) groups is 1. The van der Waals surface area contributed by atoms with E-state index in [1.165, 1.54) is 4.52 Å². The van der Waals surface area contributed by atoms with Crippen molar-refractivity contribution in [3.63, 3.8) is 0 Å². The van der Waals surface area contributed by atoms with E-state index in [9.17, 15) is 9.59 Å². The molecule has 0 spiro atoms. The zero-order valence-corrected chi connectivity index (χ0v) is 20.9. The summed E-state index contributed by atoms with van der Waals surface area (Å²) in [6.07, 6.45) is 1.63. The highest BCUT2D eigenvalue weighted by Gasteiger charge is 2.22. The molecule has 2 aromatic carbocycles. The van der Waals surface area contributed by atoms with E-state index in [1.807, 2.05) is 50.2 Å². The maximum atomic E-state index is 13.4. The van der Waals surface area contributed by atoms with Gasteiger partial charge >= 0.3 is 0 Å². The number of nitrogens with one attached hydrogen (secondary N) is 1. The molecular weight excluding hydrogens is 448 g/mol. The molecule has 0 radical (unpaired) electrons. The molecular formula is C27H31ClN4O2. The fourth-order valence-electron chi connectivity index (χ4n) is 3.86. The lowest BCUT2D eigenvalue weighted by atomic mass is 10.0. The number of aromatic nitrogens is 2. The van der Waals surface area contributed by atoms with Crippen molar-refractivity contribution >= 4 is 33.8 Å². The highest BCUT2D eigenvalue weighted by atomic mass is 35.5. The molecule has 2 heterocycles. The van der Waals surface area contributed by atoms with E-state index >= 15 is 0 Å². The van der Waals surface area contributed by atoms with Gasteiger partial charge in [0.1, 0.15) is 0 Å². The van der Waals surface area contributed by atoms with E-state index in [0.717, 1.165) is 29.4 Å². The lowest BCUT2D eigenvalue weighted by Crippen LogP contribution is -2.32. The molecule has 0 saturated carbocycles. The van der Waals surface area contributed by atoms with Gasteiger partial charge in [0.2, 0.25) is 0 Å². The fraction of sp³-hybridized carbons (Fsp3) is 0.296. The number of halogens is 1. The first-order valence-corrected chi connectivity index (χ1v) is 12.0. The normalized spacial score (nSPS) is 10.7. The molecule has 0 fully saturated rings. The molecule has 1 N–H and O–H groups in total. The van der Waals surface area contributed by atoms with Crippen LogP contribution in [0.2, 0.25) is 5.02 Å². The summed E-state index contributed by atoms with van der Waals surface area (Å²) >= 11 is 6.23. The highest BCUT2D eigenvalue weighted by Crippen LogP contribution is 2.27. The van der Waals surface area contributed by atoms with Crippen molar-refractivity contribution in [1.29, 1.82) is 0 Å². The molecule has 0 aliphatic rings. The maximum absolute atomic E-state index is 13.4. The van der Waals surface area contributed by atoms with Gasteiger partial charge in [-0.1, -0.05) is 61.8 Å². The van der Waals surface area contributed by atoms with E-state index in [-0.39, 0.29) is 11.5 Å². The van der Waals surface area contributed by atoms with Crippen LogP contribution in [0.25, 0.3) is 27.4 Å². The van der Waals surface area contributed by atoms with Crippen LogP contribution in [0.1, 0.15) is 38.1 Å². The van der Waals surface area contributed by atoms with Crippen molar-refractivity contribution in [2.24, 2.45) is 0 Å². The molecule has 0 unspecified atom stereocenters. The van der Waals surface area contributed by atoms with Crippen molar-refractivity contribution in [1.82, 2.24) is 19.8 Å². The molecule has 1 amide bonds. The summed E-state index contributed by atoms with van der Waals surface area (Å²) in [5.41, 5.74) is 1.82. The van der Waals surface area contributed by atoms with Crippen molar-refractivity contribution < 1.29 is 4.79 Å². The molecule has 0 bridgehead atoms. The average molecular weight is 479 g/mol. The van der Waals surface area contributed by atoms with Crippen molar-refractivity contribution in [3.8, 4) is 11.1 Å². The summed E-state index contributed by atoms with van der Waals surface area (Å²) in [6.45, 7) is 11.4. The molecule has 4 aromatic rings. The molecule has 0 saturated heterocycles.